The third kappa shape index (κ3) is 2.99. The second kappa shape index (κ2) is 5.94. The van der Waals surface area contributed by atoms with Crippen molar-refractivity contribution >= 4 is 11.5 Å². The first-order valence-corrected chi connectivity index (χ1v) is 6.19. The number of aryl methyl sites for hydroxylation is 1. The Morgan fingerprint density at radius 1 is 1.68 bits per heavy atom. The van der Waals surface area contributed by atoms with Crippen molar-refractivity contribution in [1.29, 1.82) is 0 Å². The Balaban J connectivity index is 2.35. The number of aliphatic hydroxyl groups excluding tert-OH is 1. The molecular weight excluding hydrogens is 250 g/mol. The number of pyridine rings is 1. The van der Waals surface area contributed by atoms with Crippen molar-refractivity contribution in [1.82, 2.24) is 4.98 Å². The highest BCUT2D eigenvalue weighted by Gasteiger charge is 2.29. The monoisotopic (exact) mass is 267 g/mol. The van der Waals surface area contributed by atoms with E-state index in [4.69, 9.17) is 9.84 Å². The molecule has 1 atom stereocenters. The highest BCUT2D eigenvalue weighted by molar-refractivity contribution is 5.59. The van der Waals surface area contributed by atoms with E-state index in [-0.39, 0.29) is 18.3 Å². The molecule has 0 amide bonds. The van der Waals surface area contributed by atoms with Crippen LogP contribution in [0.15, 0.2) is 12.3 Å². The van der Waals surface area contributed by atoms with Gasteiger partial charge >= 0.3 is 5.69 Å². The Kier molecular flexibility index (Phi) is 4.28. The molecule has 1 aromatic heterocycles. The van der Waals surface area contributed by atoms with E-state index in [1.807, 2.05) is 4.90 Å². The number of morpholine rings is 1. The van der Waals surface area contributed by atoms with Crippen LogP contribution in [0.4, 0.5) is 11.5 Å². The van der Waals surface area contributed by atoms with E-state index in [9.17, 15) is 10.1 Å². The van der Waals surface area contributed by atoms with Gasteiger partial charge in [-0.05, 0) is 18.9 Å². The SMILES string of the molecule is Cc1cnc(N2CCOC[C@H]2CCO)c([N+](=O)[O-])c1. The molecule has 0 saturated carbocycles. The van der Waals surface area contributed by atoms with Gasteiger partial charge in [0.1, 0.15) is 0 Å². The molecule has 0 unspecified atom stereocenters. The molecule has 2 rings (SSSR count). The van der Waals surface area contributed by atoms with Crippen LogP contribution in [0.2, 0.25) is 0 Å². The second-order valence-electron chi connectivity index (χ2n) is 4.55. The summed E-state index contributed by atoms with van der Waals surface area (Å²) in [6.45, 7) is 3.29. The van der Waals surface area contributed by atoms with Crippen LogP contribution in [0.25, 0.3) is 0 Å². The van der Waals surface area contributed by atoms with Crippen LogP contribution in [-0.2, 0) is 4.74 Å². The highest BCUT2D eigenvalue weighted by Crippen LogP contribution is 2.29. The Morgan fingerprint density at radius 3 is 3.16 bits per heavy atom. The third-order valence-corrected chi connectivity index (χ3v) is 3.14. The normalized spacial score (nSPS) is 19.5. The molecule has 1 fully saturated rings. The van der Waals surface area contributed by atoms with Crippen molar-refractivity contribution in [3.05, 3.63) is 27.9 Å². The Morgan fingerprint density at radius 2 is 2.47 bits per heavy atom. The molecule has 104 valence electrons. The van der Waals surface area contributed by atoms with Gasteiger partial charge in [-0.25, -0.2) is 4.98 Å². The van der Waals surface area contributed by atoms with Crippen molar-refractivity contribution < 1.29 is 14.8 Å². The van der Waals surface area contributed by atoms with Crippen LogP contribution in [0, 0.1) is 17.0 Å². The summed E-state index contributed by atoms with van der Waals surface area (Å²) in [5, 5.41) is 20.2. The molecule has 2 heterocycles. The van der Waals surface area contributed by atoms with Crippen molar-refractivity contribution in [2.24, 2.45) is 0 Å². The lowest BCUT2D eigenvalue weighted by Crippen LogP contribution is -2.46. The summed E-state index contributed by atoms with van der Waals surface area (Å²) < 4.78 is 5.36. The maximum atomic E-state index is 11.1. The minimum atomic E-state index is -0.416. The fourth-order valence-corrected chi connectivity index (χ4v) is 2.22. The first-order chi connectivity index (χ1) is 9.13. The van der Waals surface area contributed by atoms with Crippen molar-refractivity contribution in [2.75, 3.05) is 31.3 Å². The van der Waals surface area contributed by atoms with E-state index in [0.29, 0.717) is 32.0 Å². The van der Waals surface area contributed by atoms with Gasteiger partial charge in [0.25, 0.3) is 0 Å². The maximum absolute atomic E-state index is 11.1. The molecule has 0 aromatic carbocycles. The van der Waals surface area contributed by atoms with Crippen LogP contribution < -0.4 is 4.90 Å². The van der Waals surface area contributed by atoms with Crippen molar-refractivity contribution in [3.63, 3.8) is 0 Å². The number of anilines is 1. The lowest BCUT2D eigenvalue weighted by atomic mass is 10.1. The van der Waals surface area contributed by atoms with Gasteiger partial charge in [0, 0.05) is 25.4 Å². The Hall–Kier alpha value is -1.73. The first-order valence-electron chi connectivity index (χ1n) is 6.19. The molecule has 1 aromatic rings. The van der Waals surface area contributed by atoms with Crippen molar-refractivity contribution in [3.8, 4) is 0 Å². The van der Waals surface area contributed by atoms with E-state index < -0.39 is 4.92 Å². The fourth-order valence-electron chi connectivity index (χ4n) is 2.22. The Labute approximate surface area is 111 Å². The summed E-state index contributed by atoms with van der Waals surface area (Å²) in [6.07, 6.45) is 2.13. The van der Waals surface area contributed by atoms with E-state index in [1.54, 1.807) is 13.1 Å². The molecule has 0 spiro atoms. The molecule has 19 heavy (non-hydrogen) atoms. The summed E-state index contributed by atoms with van der Waals surface area (Å²) >= 11 is 0. The number of rotatable bonds is 4. The van der Waals surface area contributed by atoms with Crippen LogP contribution in [0.5, 0.6) is 0 Å². The van der Waals surface area contributed by atoms with E-state index in [2.05, 4.69) is 4.98 Å². The van der Waals surface area contributed by atoms with E-state index in [1.165, 1.54) is 6.07 Å². The van der Waals surface area contributed by atoms with Gasteiger partial charge in [-0.2, -0.15) is 0 Å². The molecule has 1 aliphatic heterocycles. The predicted octanol–water partition coefficient (Wildman–Crippen LogP) is 0.886. The number of nitrogens with zero attached hydrogens (tertiary/aromatic N) is 3. The number of ether oxygens (including phenoxy) is 1. The van der Waals surface area contributed by atoms with Crippen LogP contribution in [0.1, 0.15) is 12.0 Å². The van der Waals surface area contributed by atoms with Crippen LogP contribution in [-0.4, -0.2) is 47.4 Å². The van der Waals surface area contributed by atoms with Crippen LogP contribution >= 0.6 is 0 Å². The summed E-state index contributed by atoms with van der Waals surface area (Å²) in [6, 6.07) is 1.45. The lowest BCUT2D eigenvalue weighted by molar-refractivity contribution is -0.384. The molecule has 7 nitrogen and oxygen atoms in total. The third-order valence-electron chi connectivity index (χ3n) is 3.14. The molecule has 7 heteroatoms. The van der Waals surface area contributed by atoms with E-state index in [0.717, 1.165) is 5.56 Å². The molecule has 0 aliphatic carbocycles. The zero-order valence-corrected chi connectivity index (χ0v) is 10.8. The molecule has 0 radical (unpaired) electrons. The molecule has 1 saturated heterocycles. The van der Waals surface area contributed by atoms with Gasteiger partial charge in [-0.15, -0.1) is 0 Å². The summed E-state index contributed by atoms with van der Waals surface area (Å²) in [7, 11) is 0. The standard InChI is InChI=1S/C12H17N3O4/c1-9-6-11(15(17)18)12(13-7-9)14-3-5-19-8-10(14)2-4-16/h6-7,10,16H,2-5,8H2,1H3/t10-/m1/s1. The average Bonchev–Trinajstić information content (AvgIpc) is 2.40. The van der Waals surface area contributed by atoms with Gasteiger partial charge < -0.3 is 14.7 Å². The minimum absolute atomic E-state index is 0.00448. The minimum Gasteiger partial charge on any atom is -0.396 e. The lowest BCUT2D eigenvalue weighted by Gasteiger charge is -2.35. The maximum Gasteiger partial charge on any atom is 0.311 e. The highest BCUT2D eigenvalue weighted by atomic mass is 16.6. The number of nitro groups is 1. The molecule has 1 aliphatic rings. The number of aromatic nitrogens is 1. The van der Waals surface area contributed by atoms with Crippen molar-refractivity contribution in [2.45, 2.75) is 19.4 Å². The largest absolute Gasteiger partial charge is 0.396 e. The second-order valence-corrected chi connectivity index (χ2v) is 4.55. The van der Waals surface area contributed by atoms with Gasteiger partial charge in [0.2, 0.25) is 5.82 Å². The van der Waals surface area contributed by atoms with Gasteiger partial charge in [-0.1, -0.05) is 0 Å². The summed E-state index contributed by atoms with van der Waals surface area (Å²) in [5.41, 5.74) is 0.757. The topological polar surface area (TPSA) is 88.7 Å². The number of hydrogen-bond acceptors (Lipinski definition) is 6. The Bertz CT molecular complexity index is 464. The zero-order chi connectivity index (χ0) is 13.8. The molecular formula is C12H17N3O4. The summed E-state index contributed by atoms with van der Waals surface area (Å²) in [5.74, 6) is 0.359. The summed E-state index contributed by atoms with van der Waals surface area (Å²) in [4.78, 5) is 16.8. The zero-order valence-electron chi connectivity index (χ0n) is 10.8. The fraction of sp³-hybridized carbons (Fsp3) is 0.583. The number of hydrogen-bond donors (Lipinski definition) is 1. The van der Waals surface area contributed by atoms with E-state index >= 15 is 0 Å². The quantitative estimate of drug-likeness (QED) is 0.643. The van der Waals surface area contributed by atoms with Crippen LogP contribution in [0.3, 0.4) is 0 Å². The number of aliphatic hydroxyl groups is 1. The predicted molar refractivity (Wildman–Crippen MR) is 69.3 cm³/mol. The van der Waals surface area contributed by atoms with Gasteiger partial charge in [-0.3, -0.25) is 10.1 Å². The smallest absolute Gasteiger partial charge is 0.311 e. The molecule has 0 bridgehead atoms. The first kappa shape index (κ1) is 13.7. The average molecular weight is 267 g/mol. The van der Waals surface area contributed by atoms with Gasteiger partial charge in [0.15, 0.2) is 0 Å². The molecule has 1 N–H and O–H groups in total. The van der Waals surface area contributed by atoms with Gasteiger partial charge in [0.05, 0.1) is 24.2 Å².